The van der Waals surface area contributed by atoms with Gasteiger partial charge in [0, 0.05) is 37.3 Å². The Morgan fingerprint density at radius 2 is 1.46 bits per heavy atom. The third-order valence-corrected chi connectivity index (χ3v) is 4.78. The van der Waals surface area contributed by atoms with Gasteiger partial charge in [0.05, 0.1) is 0 Å². The fourth-order valence-corrected chi connectivity index (χ4v) is 3.24. The van der Waals surface area contributed by atoms with Crippen molar-refractivity contribution in [2.45, 2.75) is 20.3 Å². The van der Waals surface area contributed by atoms with Gasteiger partial charge in [0.25, 0.3) is 11.8 Å². The van der Waals surface area contributed by atoms with Crippen molar-refractivity contribution in [1.82, 2.24) is 9.80 Å². The summed E-state index contributed by atoms with van der Waals surface area (Å²) in [6.45, 7) is 6.11. The molecule has 0 atom stereocenters. The topological polar surface area (TPSA) is 40.6 Å². The van der Waals surface area contributed by atoms with Crippen LogP contribution in [0.4, 0.5) is 4.39 Å². The maximum atomic E-state index is 13.1. The van der Waals surface area contributed by atoms with E-state index in [-0.39, 0.29) is 17.6 Å². The van der Waals surface area contributed by atoms with Crippen LogP contribution in [0.3, 0.4) is 0 Å². The molecule has 3 rings (SSSR count). The summed E-state index contributed by atoms with van der Waals surface area (Å²) in [7, 11) is 0. The minimum atomic E-state index is -0.359. The van der Waals surface area contributed by atoms with Crippen molar-refractivity contribution in [1.29, 1.82) is 0 Å². The van der Waals surface area contributed by atoms with Crippen molar-refractivity contribution in [3.63, 3.8) is 0 Å². The lowest BCUT2D eigenvalue weighted by molar-refractivity contribution is 0.0718. The number of carbonyl (C=O) groups is 2. The predicted octanol–water partition coefficient (Wildman–Crippen LogP) is 3.43. The molecule has 1 aliphatic heterocycles. The molecule has 136 valence electrons. The van der Waals surface area contributed by atoms with E-state index in [9.17, 15) is 14.0 Å². The van der Waals surface area contributed by atoms with E-state index in [0.29, 0.717) is 31.7 Å². The smallest absolute Gasteiger partial charge is 0.254 e. The third kappa shape index (κ3) is 3.93. The van der Waals surface area contributed by atoms with Crippen LogP contribution in [0.1, 0.15) is 38.3 Å². The molecule has 2 aromatic carbocycles. The summed E-state index contributed by atoms with van der Waals surface area (Å²) < 4.78 is 13.1. The van der Waals surface area contributed by atoms with Gasteiger partial charge in [-0.2, -0.15) is 0 Å². The van der Waals surface area contributed by atoms with Crippen LogP contribution in [-0.4, -0.2) is 47.8 Å². The lowest BCUT2D eigenvalue weighted by Crippen LogP contribution is -2.37. The Labute approximate surface area is 153 Å². The molecule has 2 aromatic rings. The summed E-state index contributed by atoms with van der Waals surface area (Å²) in [6.07, 6.45) is 0.726. The van der Waals surface area contributed by atoms with Crippen LogP contribution in [0.2, 0.25) is 0 Å². The molecule has 0 unspecified atom stereocenters. The van der Waals surface area contributed by atoms with Crippen molar-refractivity contribution in [3.05, 3.63) is 70.5 Å². The second-order valence-corrected chi connectivity index (χ2v) is 6.76. The zero-order valence-electron chi connectivity index (χ0n) is 15.2. The highest BCUT2D eigenvalue weighted by Gasteiger charge is 2.24. The zero-order chi connectivity index (χ0) is 18.7. The van der Waals surface area contributed by atoms with Crippen LogP contribution < -0.4 is 0 Å². The quantitative estimate of drug-likeness (QED) is 0.829. The van der Waals surface area contributed by atoms with Crippen LogP contribution in [0, 0.1) is 19.7 Å². The van der Waals surface area contributed by atoms with Crippen molar-refractivity contribution in [2.24, 2.45) is 0 Å². The molecule has 1 saturated heterocycles. The first-order valence-electron chi connectivity index (χ1n) is 8.87. The van der Waals surface area contributed by atoms with Gasteiger partial charge in [-0.3, -0.25) is 9.59 Å². The van der Waals surface area contributed by atoms with Crippen molar-refractivity contribution in [3.8, 4) is 0 Å². The average Bonchev–Trinajstić information content (AvgIpc) is 2.89. The monoisotopic (exact) mass is 354 g/mol. The van der Waals surface area contributed by atoms with Gasteiger partial charge >= 0.3 is 0 Å². The van der Waals surface area contributed by atoms with Crippen molar-refractivity contribution < 1.29 is 14.0 Å². The lowest BCUT2D eigenvalue weighted by Gasteiger charge is -2.23. The molecule has 0 spiro atoms. The summed E-state index contributed by atoms with van der Waals surface area (Å²) in [4.78, 5) is 29.1. The third-order valence-electron chi connectivity index (χ3n) is 4.78. The fraction of sp³-hybridized carbons (Fsp3) is 0.333. The van der Waals surface area contributed by atoms with Gasteiger partial charge in [0.15, 0.2) is 0 Å². The highest BCUT2D eigenvalue weighted by Crippen LogP contribution is 2.16. The van der Waals surface area contributed by atoms with Gasteiger partial charge in [0.2, 0.25) is 0 Å². The highest BCUT2D eigenvalue weighted by atomic mass is 19.1. The van der Waals surface area contributed by atoms with Crippen molar-refractivity contribution >= 4 is 11.8 Å². The molecule has 1 heterocycles. The number of rotatable bonds is 2. The first-order valence-corrected chi connectivity index (χ1v) is 8.87. The summed E-state index contributed by atoms with van der Waals surface area (Å²) in [5.41, 5.74) is 3.22. The Hall–Kier alpha value is -2.69. The number of benzene rings is 2. The number of nitrogens with zero attached hydrogens (tertiary/aromatic N) is 2. The molecule has 0 bridgehead atoms. The fourth-order valence-electron chi connectivity index (χ4n) is 3.24. The molecule has 0 saturated carbocycles. The van der Waals surface area contributed by atoms with Gasteiger partial charge in [0.1, 0.15) is 5.82 Å². The molecular weight excluding hydrogens is 331 g/mol. The van der Waals surface area contributed by atoms with E-state index in [4.69, 9.17) is 0 Å². The first-order chi connectivity index (χ1) is 12.5. The van der Waals surface area contributed by atoms with Gasteiger partial charge < -0.3 is 9.80 Å². The summed E-state index contributed by atoms with van der Waals surface area (Å²) in [6, 6.07) is 11.5. The number of hydrogen-bond donors (Lipinski definition) is 0. The average molecular weight is 354 g/mol. The van der Waals surface area contributed by atoms with E-state index in [1.807, 2.05) is 36.9 Å². The van der Waals surface area contributed by atoms with Gasteiger partial charge in [-0.15, -0.1) is 0 Å². The number of amides is 2. The van der Waals surface area contributed by atoms with Crippen molar-refractivity contribution in [2.75, 3.05) is 26.2 Å². The van der Waals surface area contributed by atoms with E-state index >= 15 is 0 Å². The number of aryl methyl sites for hydroxylation is 2. The molecule has 1 fully saturated rings. The van der Waals surface area contributed by atoms with Crippen LogP contribution in [-0.2, 0) is 0 Å². The summed E-state index contributed by atoms with van der Waals surface area (Å²) in [5.74, 6) is -0.462. The van der Waals surface area contributed by atoms with Crippen LogP contribution in [0.25, 0.3) is 0 Å². The summed E-state index contributed by atoms with van der Waals surface area (Å²) >= 11 is 0. The van der Waals surface area contributed by atoms with E-state index in [0.717, 1.165) is 23.1 Å². The van der Waals surface area contributed by atoms with Crippen LogP contribution in [0.5, 0.6) is 0 Å². The Bertz CT molecular complexity index is 817. The van der Waals surface area contributed by atoms with E-state index < -0.39 is 0 Å². The van der Waals surface area contributed by atoms with Crippen LogP contribution >= 0.6 is 0 Å². The molecule has 1 aliphatic rings. The molecule has 26 heavy (non-hydrogen) atoms. The van der Waals surface area contributed by atoms with Gasteiger partial charge in [-0.1, -0.05) is 17.7 Å². The first kappa shape index (κ1) is 18.1. The lowest BCUT2D eigenvalue weighted by atomic mass is 10.0. The largest absolute Gasteiger partial charge is 0.337 e. The summed E-state index contributed by atoms with van der Waals surface area (Å²) in [5, 5.41) is 0. The predicted molar refractivity (Wildman–Crippen MR) is 98.7 cm³/mol. The zero-order valence-corrected chi connectivity index (χ0v) is 15.2. The number of carbonyl (C=O) groups excluding carboxylic acids is 2. The van der Waals surface area contributed by atoms with E-state index in [1.165, 1.54) is 24.3 Å². The molecule has 2 amide bonds. The van der Waals surface area contributed by atoms with Crippen LogP contribution in [0.15, 0.2) is 42.5 Å². The standard InChI is InChI=1S/C21H23FN2O2/c1-15-4-5-16(2)19(14-15)21(26)24-11-3-10-23(12-13-24)20(25)17-6-8-18(22)9-7-17/h4-9,14H,3,10-13H2,1-2H3. The van der Waals surface area contributed by atoms with Gasteiger partial charge in [-0.05, 0) is 56.2 Å². The molecule has 0 aliphatic carbocycles. The Morgan fingerprint density at radius 3 is 2.12 bits per heavy atom. The maximum Gasteiger partial charge on any atom is 0.254 e. The number of halogens is 1. The molecule has 5 heteroatoms. The normalized spacial score (nSPS) is 14.9. The molecule has 0 aromatic heterocycles. The highest BCUT2D eigenvalue weighted by molar-refractivity contribution is 5.96. The SMILES string of the molecule is Cc1ccc(C)c(C(=O)N2CCCN(C(=O)c3ccc(F)cc3)CC2)c1. The van der Waals surface area contributed by atoms with Gasteiger partial charge in [-0.25, -0.2) is 4.39 Å². The Balaban J connectivity index is 1.70. The van der Waals surface area contributed by atoms with E-state index in [1.54, 1.807) is 4.90 Å². The Morgan fingerprint density at radius 1 is 0.846 bits per heavy atom. The molecule has 4 nitrogen and oxygen atoms in total. The molecule has 0 N–H and O–H groups in total. The molecular formula is C21H23FN2O2. The minimum Gasteiger partial charge on any atom is -0.337 e. The Kier molecular flexibility index (Phi) is 5.35. The second kappa shape index (κ2) is 7.68. The maximum absolute atomic E-state index is 13.1. The van der Waals surface area contributed by atoms with E-state index in [2.05, 4.69) is 0 Å². The second-order valence-electron chi connectivity index (χ2n) is 6.76. The molecule has 0 radical (unpaired) electrons. The number of hydrogen-bond acceptors (Lipinski definition) is 2. The minimum absolute atomic E-state index is 0.0160.